The zero-order chi connectivity index (χ0) is 15.4. The van der Waals surface area contributed by atoms with Crippen LogP contribution in [0.1, 0.15) is 5.56 Å². The smallest absolute Gasteiger partial charge is 0.262 e. The van der Waals surface area contributed by atoms with E-state index in [0.29, 0.717) is 22.1 Å². The highest BCUT2D eigenvalue weighted by Gasteiger charge is 2.10. The van der Waals surface area contributed by atoms with Crippen LogP contribution in [-0.4, -0.2) is 12.5 Å². The van der Waals surface area contributed by atoms with Crippen LogP contribution >= 0.6 is 27.5 Å². The molecule has 2 rings (SSSR count). The Labute approximate surface area is 136 Å². The number of aryl methyl sites for hydroxylation is 1. The molecular weight excluding hydrogens is 356 g/mol. The van der Waals surface area contributed by atoms with Crippen molar-refractivity contribution >= 4 is 44.8 Å². The van der Waals surface area contributed by atoms with E-state index in [2.05, 4.69) is 21.2 Å². The Hall–Kier alpha value is -1.72. The second-order valence-electron chi connectivity index (χ2n) is 4.51. The maximum absolute atomic E-state index is 11.9. The van der Waals surface area contributed by atoms with Crippen LogP contribution in [0.5, 0.6) is 5.75 Å². The summed E-state index contributed by atoms with van der Waals surface area (Å²) in [6.07, 6.45) is 0. The largest absolute Gasteiger partial charge is 0.484 e. The molecule has 0 fully saturated rings. The van der Waals surface area contributed by atoms with Crippen molar-refractivity contribution in [1.82, 2.24) is 0 Å². The van der Waals surface area contributed by atoms with Gasteiger partial charge < -0.3 is 15.8 Å². The lowest BCUT2D eigenvalue weighted by Gasteiger charge is -2.12. The number of carbonyl (C=O) groups is 1. The molecule has 0 spiro atoms. The molecule has 2 aromatic carbocycles. The number of carbonyl (C=O) groups excluding carboxylic acids is 1. The van der Waals surface area contributed by atoms with Crippen LogP contribution in [0, 0.1) is 6.92 Å². The minimum absolute atomic E-state index is 0.125. The standard InChI is InChI=1S/C15H14BrClN2O2/c1-9-5-12(16)15(13(18)6-9)19-14(20)8-21-11-4-2-3-10(17)7-11/h2-7H,8,18H2,1H3,(H,19,20). The molecule has 0 heterocycles. The van der Waals surface area contributed by atoms with Crippen molar-refractivity contribution in [3.8, 4) is 5.75 Å². The first-order chi connectivity index (χ1) is 9.95. The van der Waals surface area contributed by atoms with E-state index in [1.54, 1.807) is 30.3 Å². The van der Waals surface area contributed by atoms with Gasteiger partial charge in [-0.15, -0.1) is 0 Å². The normalized spacial score (nSPS) is 10.2. The highest BCUT2D eigenvalue weighted by atomic mass is 79.9. The summed E-state index contributed by atoms with van der Waals surface area (Å²) in [5.74, 6) is 0.236. The lowest BCUT2D eigenvalue weighted by atomic mass is 10.2. The van der Waals surface area contributed by atoms with E-state index in [9.17, 15) is 4.79 Å². The van der Waals surface area contributed by atoms with Gasteiger partial charge in [0.25, 0.3) is 5.91 Å². The Morgan fingerprint density at radius 2 is 2.14 bits per heavy atom. The summed E-state index contributed by atoms with van der Waals surface area (Å²) in [4.78, 5) is 11.9. The van der Waals surface area contributed by atoms with Gasteiger partial charge in [0, 0.05) is 9.50 Å². The number of halogens is 2. The second-order valence-corrected chi connectivity index (χ2v) is 5.80. The molecule has 0 saturated heterocycles. The Kier molecular flexibility index (Phi) is 5.09. The zero-order valence-corrected chi connectivity index (χ0v) is 13.7. The van der Waals surface area contributed by atoms with Crippen LogP contribution < -0.4 is 15.8 Å². The second kappa shape index (κ2) is 6.83. The van der Waals surface area contributed by atoms with Gasteiger partial charge in [0.05, 0.1) is 11.4 Å². The molecule has 2 aromatic rings. The predicted molar refractivity (Wildman–Crippen MR) is 88.9 cm³/mol. The maximum atomic E-state index is 11.9. The number of benzene rings is 2. The molecule has 0 aromatic heterocycles. The first kappa shape index (κ1) is 15.7. The summed E-state index contributed by atoms with van der Waals surface area (Å²) >= 11 is 9.22. The van der Waals surface area contributed by atoms with E-state index in [-0.39, 0.29) is 12.5 Å². The van der Waals surface area contributed by atoms with Crippen molar-refractivity contribution in [2.45, 2.75) is 6.92 Å². The quantitative estimate of drug-likeness (QED) is 0.800. The summed E-state index contributed by atoms with van der Waals surface area (Å²) < 4.78 is 6.10. The molecule has 3 N–H and O–H groups in total. The number of ether oxygens (including phenoxy) is 1. The summed E-state index contributed by atoms with van der Waals surface area (Å²) in [5.41, 5.74) is 7.94. The molecule has 21 heavy (non-hydrogen) atoms. The van der Waals surface area contributed by atoms with Crippen molar-refractivity contribution in [1.29, 1.82) is 0 Å². The molecule has 0 unspecified atom stereocenters. The van der Waals surface area contributed by atoms with Crippen molar-refractivity contribution in [2.24, 2.45) is 0 Å². The van der Waals surface area contributed by atoms with Gasteiger partial charge in [0.1, 0.15) is 5.75 Å². The fourth-order valence-electron chi connectivity index (χ4n) is 1.78. The van der Waals surface area contributed by atoms with Crippen LogP contribution in [0.3, 0.4) is 0 Å². The van der Waals surface area contributed by atoms with E-state index in [1.807, 2.05) is 13.0 Å². The molecule has 4 nitrogen and oxygen atoms in total. The monoisotopic (exact) mass is 368 g/mol. The first-order valence-electron chi connectivity index (χ1n) is 6.19. The molecule has 0 bridgehead atoms. The molecule has 0 aliphatic rings. The molecule has 0 aliphatic heterocycles. The highest BCUT2D eigenvalue weighted by molar-refractivity contribution is 9.10. The van der Waals surface area contributed by atoms with Gasteiger partial charge in [0.15, 0.2) is 6.61 Å². The fraction of sp³-hybridized carbons (Fsp3) is 0.133. The first-order valence-corrected chi connectivity index (χ1v) is 7.36. The van der Waals surface area contributed by atoms with E-state index in [4.69, 9.17) is 22.1 Å². The Balaban J connectivity index is 1.99. The van der Waals surface area contributed by atoms with Gasteiger partial charge in [-0.3, -0.25) is 4.79 Å². The molecular formula is C15H14BrClN2O2. The third kappa shape index (κ3) is 4.37. The number of anilines is 2. The van der Waals surface area contributed by atoms with Crippen LogP contribution in [-0.2, 0) is 4.79 Å². The van der Waals surface area contributed by atoms with Crippen molar-refractivity contribution in [3.63, 3.8) is 0 Å². The average molecular weight is 370 g/mol. The van der Waals surface area contributed by atoms with E-state index in [0.717, 1.165) is 10.0 Å². The number of hydrogen-bond acceptors (Lipinski definition) is 3. The van der Waals surface area contributed by atoms with E-state index in [1.165, 1.54) is 0 Å². The zero-order valence-electron chi connectivity index (χ0n) is 11.3. The van der Waals surface area contributed by atoms with Crippen molar-refractivity contribution in [3.05, 3.63) is 51.5 Å². The van der Waals surface area contributed by atoms with Crippen LogP contribution in [0.4, 0.5) is 11.4 Å². The minimum Gasteiger partial charge on any atom is -0.484 e. The van der Waals surface area contributed by atoms with Gasteiger partial charge in [0.2, 0.25) is 0 Å². The predicted octanol–water partition coefficient (Wildman–Crippen LogP) is 4.01. The third-order valence-electron chi connectivity index (χ3n) is 2.70. The Bertz CT molecular complexity index is 653. The number of rotatable bonds is 4. The number of hydrogen-bond donors (Lipinski definition) is 2. The van der Waals surface area contributed by atoms with E-state index >= 15 is 0 Å². The van der Waals surface area contributed by atoms with Gasteiger partial charge in [-0.25, -0.2) is 0 Å². The van der Waals surface area contributed by atoms with Crippen molar-refractivity contribution in [2.75, 3.05) is 17.7 Å². The molecule has 0 aliphatic carbocycles. The van der Waals surface area contributed by atoms with Crippen LogP contribution in [0.2, 0.25) is 5.02 Å². The number of nitrogens with two attached hydrogens (primary N) is 1. The van der Waals surface area contributed by atoms with E-state index < -0.39 is 0 Å². The Morgan fingerprint density at radius 3 is 2.81 bits per heavy atom. The Morgan fingerprint density at radius 1 is 1.38 bits per heavy atom. The maximum Gasteiger partial charge on any atom is 0.262 e. The molecule has 110 valence electrons. The lowest BCUT2D eigenvalue weighted by Crippen LogP contribution is -2.21. The third-order valence-corrected chi connectivity index (χ3v) is 3.56. The minimum atomic E-state index is -0.300. The summed E-state index contributed by atoms with van der Waals surface area (Å²) in [5, 5.41) is 3.28. The topological polar surface area (TPSA) is 64.3 Å². The summed E-state index contributed by atoms with van der Waals surface area (Å²) in [6.45, 7) is 1.80. The number of amides is 1. The molecule has 1 amide bonds. The summed E-state index contributed by atoms with van der Waals surface area (Å²) in [6, 6.07) is 10.5. The SMILES string of the molecule is Cc1cc(N)c(NC(=O)COc2cccc(Cl)c2)c(Br)c1. The van der Waals surface area contributed by atoms with Crippen molar-refractivity contribution < 1.29 is 9.53 Å². The van der Waals surface area contributed by atoms with Crippen LogP contribution in [0.15, 0.2) is 40.9 Å². The molecule has 0 atom stereocenters. The highest BCUT2D eigenvalue weighted by Crippen LogP contribution is 2.30. The number of nitrogen functional groups attached to an aromatic ring is 1. The summed E-state index contributed by atoms with van der Waals surface area (Å²) in [7, 11) is 0. The number of nitrogens with one attached hydrogen (secondary N) is 1. The molecule has 0 radical (unpaired) electrons. The fourth-order valence-corrected chi connectivity index (χ4v) is 2.65. The molecule has 6 heteroatoms. The van der Waals surface area contributed by atoms with Gasteiger partial charge >= 0.3 is 0 Å². The lowest BCUT2D eigenvalue weighted by molar-refractivity contribution is -0.118. The van der Waals surface area contributed by atoms with Gasteiger partial charge in [-0.05, 0) is 58.7 Å². The van der Waals surface area contributed by atoms with Crippen LogP contribution in [0.25, 0.3) is 0 Å². The molecule has 0 saturated carbocycles. The van der Waals surface area contributed by atoms with Gasteiger partial charge in [-0.1, -0.05) is 17.7 Å². The van der Waals surface area contributed by atoms with Gasteiger partial charge in [-0.2, -0.15) is 0 Å². The average Bonchev–Trinajstić information content (AvgIpc) is 2.40.